The number of benzene rings is 1. The summed E-state index contributed by atoms with van der Waals surface area (Å²) in [4.78, 5) is 18.1. The zero-order chi connectivity index (χ0) is 14.7. The van der Waals surface area contributed by atoms with Crippen molar-refractivity contribution in [2.45, 2.75) is 13.5 Å². The molecular formula is C12H10Cl2N4O2. The maximum atomic E-state index is 11.0. The summed E-state index contributed by atoms with van der Waals surface area (Å²) < 4.78 is 0. The topological polar surface area (TPSA) is 81.0 Å². The summed E-state index contributed by atoms with van der Waals surface area (Å²) in [6, 6.07) is 7.19. The third-order valence-electron chi connectivity index (χ3n) is 2.62. The molecule has 0 saturated carbocycles. The van der Waals surface area contributed by atoms with Crippen LogP contribution in [0.5, 0.6) is 0 Å². The molecule has 0 spiro atoms. The first kappa shape index (κ1) is 14.5. The van der Waals surface area contributed by atoms with E-state index in [0.29, 0.717) is 11.6 Å². The second-order valence-corrected chi connectivity index (χ2v) is 4.72. The molecule has 2 rings (SSSR count). The maximum Gasteiger partial charge on any atom is 0.332 e. The lowest BCUT2D eigenvalue weighted by Crippen LogP contribution is -2.08. The molecule has 0 aliphatic heterocycles. The van der Waals surface area contributed by atoms with Crippen LogP contribution in [0.2, 0.25) is 10.3 Å². The molecule has 0 amide bonds. The third kappa shape index (κ3) is 3.15. The summed E-state index contributed by atoms with van der Waals surface area (Å²) in [5.41, 5.74) is 0.814. The van der Waals surface area contributed by atoms with Gasteiger partial charge in [-0.05, 0) is 30.2 Å². The van der Waals surface area contributed by atoms with Crippen LogP contribution >= 0.6 is 23.2 Å². The fourth-order valence-electron chi connectivity index (χ4n) is 1.70. The Kier molecular flexibility index (Phi) is 4.36. The number of aromatic nitrogens is 2. The van der Waals surface area contributed by atoms with Gasteiger partial charge in [-0.1, -0.05) is 29.8 Å². The predicted molar refractivity (Wildman–Crippen MR) is 77.2 cm³/mol. The van der Waals surface area contributed by atoms with Crippen molar-refractivity contribution in [3.63, 3.8) is 0 Å². The summed E-state index contributed by atoms with van der Waals surface area (Å²) in [7, 11) is 0. The molecule has 6 nitrogen and oxygen atoms in total. The van der Waals surface area contributed by atoms with Crippen molar-refractivity contribution in [2.24, 2.45) is 0 Å². The summed E-state index contributed by atoms with van der Waals surface area (Å²) in [6.45, 7) is 1.81. The van der Waals surface area contributed by atoms with Gasteiger partial charge in [0, 0.05) is 11.6 Å². The van der Waals surface area contributed by atoms with Crippen LogP contribution in [0, 0.1) is 17.0 Å². The van der Waals surface area contributed by atoms with Crippen LogP contribution in [-0.2, 0) is 6.54 Å². The number of nitro groups is 1. The van der Waals surface area contributed by atoms with E-state index in [1.165, 1.54) is 6.92 Å². The number of aryl methyl sites for hydroxylation is 1. The van der Waals surface area contributed by atoms with E-state index < -0.39 is 4.92 Å². The van der Waals surface area contributed by atoms with Gasteiger partial charge in [0.25, 0.3) is 0 Å². The second-order valence-electron chi connectivity index (χ2n) is 3.98. The van der Waals surface area contributed by atoms with Crippen molar-refractivity contribution < 1.29 is 4.92 Å². The Bertz CT molecular complexity index is 664. The fourth-order valence-corrected chi connectivity index (χ4v) is 2.11. The predicted octanol–water partition coefficient (Wildman–Crippen LogP) is 3.61. The Balaban J connectivity index is 2.30. The number of hydrogen-bond acceptors (Lipinski definition) is 5. The molecule has 8 heteroatoms. The lowest BCUT2D eigenvalue weighted by molar-refractivity contribution is -0.385. The van der Waals surface area contributed by atoms with Gasteiger partial charge in [0.1, 0.15) is 5.69 Å². The van der Waals surface area contributed by atoms with Gasteiger partial charge < -0.3 is 5.32 Å². The highest BCUT2D eigenvalue weighted by molar-refractivity contribution is 6.31. The smallest absolute Gasteiger partial charge is 0.332 e. The first-order valence-electron chi connectivity index (χ1n) is 5.65. The van der Waals surface area contributed by atoms with Crippen molar-refractivity contribution in [3.05, 3.63) is 55.9 Å². The Labute approximate surface area is 124 Å². The van der Waals surface area contributed by atoms with Crippen molar-refractivity contribution in [3.8, 4) is 0 Å². The minimum Gasteiger partial charge on any atom is -0.360 e. The van der Waals surface area contributed by atoms with Gasteiger partial charge in [-0.2, -0.15) is 4.98 Å². The highest BCUT2D eigenvalue weighted by atomic mass is 35.5. The number of hydrogen-bond donors (Lipinski definition) is 1. The molecule has 104 valence electrons. The zero-order valence-corrected chi connectivity index (χ0v) is 11.9. The number of rotatable bonds is 4. The molecule has 0 unspecified atom stereocenters. The minimum absolute atomic E-state index is 0.0465. The van der Waals surface area contributed by atoms with Gasteiger partial charge in [0.15, 0.2) is 0 Å². The van der Waals surface area contributed by atoms with Gasteiger partial charge >= 0.3 is 5.69 Å². The SMILES string of the molecule is Cc1nc(Cl)nc(NCc2ccccc2Cl)c1[N+](=O)[O-]. The van der Waals surface area contributed by atoms with Gasteiger partial charge in [0.05, 0.1) is 4.92 Å². The molecule has 0 aliphatic rings. The standard InChI is InChI=1S/C12H10Cl2N4O2/c1-7-10(18(19)20)11(17-12(14)16-7)15-6-8-4-2-3-5-9(8)13/h2-5H,6H2,1H3,(H,15,16,17). The first-order chi connectivity index (χ1) is 9.49. The van der Waals surface area contributed by atoms with E-state index in [4.69, 9.17) is 23.2 Å². The fraction of sp³-hybridized carbons (Fsp3) is 0.167. The quantitative estimate of drug-likeness (QED) is 0.530. The summed E-state index contributed by atoms with van der Waals surface area (Å²) in [5, 5.41) is 14.4. The highest BCUT2D eigenvalue weighted by Crippen LogP contribution is 2.27. The Morgan fingerprint density at radius 3 is 2.65 bits per heavy atom. The lowest BCUT2D eigenvalue weighted by atomic mass is 10.2. The molecule has 1 N–H and O–H groups in total. The van der Waals surface area contributed by atoms with E-state index >= 15 is 0 Å². The molecule has 0 bridgehead atoms. The van der Waals surface area contributed by atoms with Crippen molar-refractivity contribution in [2.75, 3.05) is 5.32 Å². The highest BCUT2D eigenvalue weighted by Gasteiger charge is 2.21. The molecule has 0 saturated heterocycles. The van der Waals surface area contributed by atoms with E-state index in [-0.39, 0.29) is 22.5 Å². The van der Waals surface area contributed by atoms with E-state index in [2.05, 4.69) is 15.3 Å². The molecule has 0 fully saturated rings. The molecule has 1 aromatic heterocycles. The van der Waals surface area contributed by atoms with E-state index in [9.17, 15) is 10.1 Å². The first-order valence-corrected chi connectivity index (χ1v) is 6.40. The van der Waals surface area contributed by atoms with Crippen LogP contribution in [-0.4, -0.2) is 14.9 Å². The second kappa shape index (κ2) is 6.02. The molecule has 1 aromatic carbocycles. The third-order valence-corrected chi connectivity index (χ3v) is 3.16. The van der Waals surface area contributed by atoms with Gasteiger partial charge in [-0.3, -0.25) is 10.1 Å². The van der Waals surface area contributed by atoms with Gasteiger partial charge in [0.2, 0.25) is 11.1 Å². The number of halogens is 2. The number of anilines is 1. The van der Waals surface area contributed by atoms with Crippen LogP contribution in [0.3, 0.4) is 0 Å². The number of nitrogens with one attached hydrogen (secondary N) is 1. The van der Waals surface area contributed by atoms with Gasteiger partial charge in [-0.25, -0.2) is 4.98 Å². The van der Waals surface area contributed by atoms with E-state index in [1.54, 1.807) is 12.1 Å². The Hall–Kier alpha value is -1.92. The Morgan fingerprint density at radius 2 is 2.00 bits per heavy atom. The van der Waals surface area contributed by atoms with Crippen molar-refractivity contribution in [1.29, 1.82) is 0 Å². The minimum atomic E-state index is -0.541. The molecule has 0 radical (unpaired) electrons. The maximum absolute atomic E-state index is 11.0. The summed E-state index contributed by atoms with van der Waals surface area (Å²) in [6.07, 6.45) is 0. The van der Waals surface area contributed by atoms with Crippen LogP contribution < -0.4 is 5.32 Å². The van der Waals surface area contributed by atoms with Crippen molar-refractivity contribution >= 4 is 34.7 Å². The molecule has 1 heterocycles. The van der Waals surface area contributed by atoms with Crippen molar-refractivity contribution in [1.82, 2.24) is 9.97 Å². The zero-order valence-electron chi connectivity index (χ0n) is 10.4. The summed E-state index contributed by atoms with van der Waals surface area (Å²) in [5.74, 6) is 0.0763. The van der Waals surface area contributed by atoms with E-state index in [1.807, 2.05) is 12.1 Å². The number of nitrogens with zero attached hydrogens (tertiary/aromatic N) is 3. The van der Waals surface area contributed by atoms with Crippen LogP contribution in [0.4, 0.5) is 11.5 Å². The molecule has 2 aromatic rings. The average molecular weight is 313 g/mol. The molecule has 0 aliphatic carbocycles. The normalized spacial score (nSPS) is 10.3. The van der Waals surface area contributed by atoms with Gasteiger partial charge in [-0.15, -0.1) is 0 Å². The molecule has 0 atom stereocenters. The molecular weight excluding hydrogens is 303 g/mol. The monoisotopic (exact) mass is 312 g/mol. The average Bonchev–Trinajstić information content (AvgIpc) is 2.36. The lowest BCUT2D eigenvalue weighted by Gasteiger charge is -2.08. The molecule has 20 heavy (non-hydrogen) atoms. The Morgan fingerprint density at radius 1 is 1.30 bits per heavy atom. The largest absolute Gasteiger partial charge is 0.360 e. The van der Waals surface area contributed by atoms with Crippen LogP contribution in [0.25, 0.3) is 0 Å². The van der Waals surface area contributed by atoms with Crippen LogP contribution in [0.1, 0.15) is 11.3 Å². The summed E-state index contributed by atoms with van der Waals surface area (Å²) >= 11 is 11.8. The van der Waals surface area contributed by atoms with E-state index in [0.717, 1.165) is 5.56 Å². The van der Waals surface area contributed by atoms with Crippen LogP contribution in [0.15, 0.2) is 24.3 Å².